The lowest BCUT2D eigenvalue weighted by Crippen LogP contribution is -2.39. The van der Waals surface area contributed by atoms with Crippen LogP contribution in [0.2, 0.25) is 0 Å². The molecule has 0 radical (unpaired) electrons. The van der Waals surface area contributed by atoms with Crippen LogP contribution >= 0.6 is 0 Å². The summed E-state index contributed by atoms with van der Waals surface area (Å²) in [5.41, 5.74) is 1.22. The molecule has 4 nitrogen and oxygen atoms in total. The molecule has 1 aliphatic heterocycles. The maximum absolute atomic E-state index is 12.8. The van der Waals surface area contributed by atoms with E-state index >= 15 is 0 Å². The molecule has 1 aliphatic rings. The molecule has 0 spiro atoms. The van der Waals surface area contributed by atoms with Crippen molar-refractivity contribution in [2.24, 2.45) is 11.3 Å². The van der Waals surface area contributed by atoms with Gasteiger partial charge in [0.2, 0.25) is 5.91 Å². The number of likely N-dealkylation sites (tertiary alicyclic amines) is 1. The van der Waals surface area contributed by atoms with Gasteiger partial charge in [-0.15, -0.1) is 0 Å². The van der Waals surface area contributed by atoms with E-state index in [-0.39, 0.29) is 11.7 Å². The van der Waals surface area contributed by atoms with Crippen LogP contribution in [0.15, 0.2) is 30.5 Å². The van der Waals surface area contributed by atoms with Crippen molar-refractivity contribution in [1.82, 2.24) is 9.47 Å². The van der Waals surface area contributed by atoms with Gasteiger partial charge in [0.15, 0.2) is 5.78 Å². The first kappa shape index (κ1) is 17.7. The van der Waals surface area contributed by atoms with Crippen molar-refractivity contribution in [3.05, 3.63) is 36.0 Å². The Bertz CT molecular complexity index is 790. The van der Waals surface area contributed by atoms with E-state index in [1.165, 1.54) is 0 Å². The second-order valence-corrected chi connectivity index (χ2v) is 8.33. The summed E-state index contributed by atoms with van der Waals surface area (Å²) in [6.45, 7) is 10.0. The molecule has 0 bridgehead atoms. The summed E-state index contributed by atoms with van der Waals surface area (Å²) in [6, 6.07) is 7.86. The van der Waals surface area contributed by atoms with E-state index in [4.69, 9.17) is 0 Å². The number of carbonyl (C=O) groups excluding carboxylic acids is 2. The van der Waals surface area contributed by atoms with Gasteiger partial charge >= 0.3 is 0 Å². The van der Waals surface area contributed by atoms with Crippen molar-refractivity contribution in [3.8, 4) is 0 Å². The van der Waals surface area contributed by atoms with Crippen LogP contribution in [0.3, 0.4) is 0 Å². The minimum Gasteiger partial charge on any atom is -0.341 e. The van der Waals surface area contributed by atoms with E-state index in [2.05, 4.69) is 6.92 Å². The van der Waals surface area contributed by atoms with Crippen molar-refractivity contribution in [2.45, 2.75) is 47.1 Å². The molecule has 25 heavy (non-hydrogen) atoms. The number of hydrogen-bond acceptors (Lipinski definition) is 2. The van der Waals surface area contributed by atoms with Crippen LogP contribution in [0.5, 0.6) is 0 Å². The fourth-order valence-electron chi connectivity index (χ4n) is 3.47. The van der Waals surface area contributed by atoms with Gasteiger partial charge in [-0.2, -0.15) is 0 Å². The number of benzene rings is 1. The summed E-state index contributed by atoms with van der Waals surface area (Å²) >= 11 is 0. The van der Waals surface area contributed by atoms with Gasteiger partial charge in [-0.05, 0) is 24.8 Å². The van der Waals surface area contributed by atoms with Crippen LogP contribution in [0.1, 0.15) is 50.9 Å². The molecule has 1 aromatic heterocycles. The third kappa shape index (κ3) is 3.63. The van der Waals surface area contributed by atoms with Crippen LogP contribution in [-0.4, -0.2) is 34.2 Å². The van der Waals surface area contributed by atoms with E-state index < -0.39 is 5.41 Å². The molecular weight excluding hydrogens is 312 g/mol. The number of ketones is 1. The topological polar surface area (TPSA) is 42.3 Å². The SMILES string of the molecule is CC1CCN(C(=O)Cn2cc(C(=O)C(C)(C)C)c3ccccc32)CC1. The molecule has 0 aliphatic carbocycles. The van der Waals surface area contributed by atoms with Gasteiger partial charge in [-0.25, -0.2) is 0 Å². The zero-order valence-electron chi connectivity index (χ0n) is 15.7. The molecule has 0 unspecified atom stereocenters. The summed E-state index contributed by atoms with van der Waals surface area (Å²) in [4.78, 5) is 27.5. The summed E-state index contributed by atoms with van der Waals surface area (Å²) in [5.74, 6) is 0.955. The van der Waals surface area contributed by atoms with E-state index in [0.717, 1.165) is 36.8 Å². The van der Waals surface area contributed by atoms with Crippen molar-refractivity contribution in [3.63, 3.8) is 0 Å². The fraction of sp³-hybridized carbons (Fsp3) is 0.524. The van der Waals surface area contributed by atoms with Gasteiger partial charge in [-0.3, -0.25) is 9.59 Å². The van der Waals surface area contributed by atoms with Crippen LogP contribution in [0.4, 0.5) is 0 Å². The first-order valence-electron chi connectivity index (χ1n) is 9.18. The number of piperidine rings is 1. The number of fused-ring (bicyclic) bond motifs is 1. The van der Waals surface area contributed by atoms with E-state index in [1.54, 1.807) is 0 Å². The van der Waals surface area contributed by atoms with Crippen LogP contribution < -0.4 is 0 Å². The van der Waals surface area contributed by atoms with Crippen LogP contribution in [-0.2, 0) is 11.3 Å². The van der Waals surface area contributed by atoms with Crippen LogP contribution in [0, 0.1) is 11.3 Å². The molecular formula is C21H28N2O2. The van der Waals surface area contributed by atoms with Gasteiger partial charge < -0.3 is 9.47 Å². The maximum atomic E-state index is 12.8. The molecule has 134 valence electrons. The minimum absolute atomic E-state index is 0.113. The molecule has 0 atom stereocenters. The fourth-order valence-corrected chi connectivity index (χ4v) is 3.47. The maximum Gasteiger partial charge on any atom is 0.242 e. The molecule has 1 fully saturated rings. The minimum atomic E-state index is -0.442. The number of amides is 1. The Kier molecular flexibility index (Phi) is 4.72. The van der Waals surface area contributed by atoms with Crippen molar-refractivity contribution in [2.75, 3.05) is 13.1 Å². The van der Waals surface area contributed by atoms with E-state index in [0.29, 0.717) is 18.0 Å². The molecule has 1 amide bonds. The van der Waals surface area contributed by atoms with E-state index in [1.807, 2.05) is 60.7 Å². The Morgan fingerprint density at radius 1 is 1.12 bits per heavy atom. The van der Waals surface area contributed by atoms with Gasteiger partial charge in [0.25, 0.3) is 0 Å². The normalized spacial score (nSPS) is 16.4. The molecule has 3 rings (SSSR count). The number of rotatable bonds is 3. The highest BCUT2D eigenvalue weighted by molar-refractivity contribution is 6.10. The number of carbonyl (C=O) groups is 2. The van der Waals surface area contributed by atoms with Crippen molar-refractivity contribution < 1.29 is 9.59 Å². The standard InChI is InChI=1S/C21H28N2O2/c1-15-9-11-22(12-10-15)19(24)14-23-13-17(20(25)21(2,3)4)16-7-5-6-8-18(16)23/h5-8,13,15H,9-12,14H2,1-4H3. The zero-order valence-corrected chi connectivity index (χ0v) is 15.7. The highest BCUT2D eigenvalue weighted by Crippen LogP contribution is 2.28. The molecule has 0 N–H and O–H groups in total. The van der Waals surface area contributed by atoms with E-state index in [9.17, 15) is 9.59 Å². The number of aromatic nitrogens is 1. The van der Waals surface area contributed by atoms with Gasteiger partial charge in [0.05, 0.1) is 0 Å². The van der Waals surface area contributed by atoms with Gasteiger partial charge in [-0.1, -0.05) is 45.9 Å². The largest absolute Gasteiger partial charge is 0.341 e. The third-order valence-corrected chi connectivity index (χ3v) is 5.16. The molecule has 1 aromatic carbocycles. The molecule has 2 aromatic rings. The Hall–Kier alpha value is -2.10. The lowest BCUT2D eigenvalue weighted by Gasteiger charge is -2.30. The molecule has 0 saturated carbocycles. The number of para-hydroxylation sites is 1. The highest BCUT2D eigenvalue weighted by Gasteiger charge is 2.27. The Balaban J connectivity index is 1.89. The van der Waals surface area contributed by atoms with Gasteiger partial charge in [0.1, 0.15) is 6.54 Å². The summed E-state index contributed by atoms with van der Waals surface area (Å²) < 4.78 is 1.94. The summed E-state index contributed by atoms with van der Waals surface area (Å²) in [7, 11) is 0. The number of Topliss-reactive ketones (excluding diaryl/α,β-unsaturated/α-hetero) is 1. The van der Waals surface area contributed by atoms with Crippen LogP contribution in [0.25, 0.3) is 10.9 Å². The predicted octanol–water partition coefficient (Wildman–Crippen LogP) is 4.13. The second-order valence-electron chi connectivity index (χ2n) is 8.33. The zero-order chi connectivity index (χ0) is 18.2. The number of hydrogen-bond donors (Lipinski definition) is 0. The molecule has 4 heteroatoms. The average molecular weight is 340 g/mol. The Labute approximate surface area is 149 Å². The van der Waals surface area contributed by atoms with Crippen molar-refractivity contribution in [1.29, 1.82) is 0 Å². The van der Waals surface area contributed by atoms with Crippen molar-refractivity contribution >= 4 is 22.6 Å². The second kappa shape index (κ2) is 6.66. The molecule has 2 heterocycles. The summed E-state index contributed by atoms with van der Waals surface area (Å²) in [5, 5.41) is 0.933. The predicted molar refractivity (Wildman–Crippen MR) is 101 cm³/mol. The number of nitrogens with zero attached hydrogens (tertiary/aromatic N) is 2. The first-order chi connectivity index (χ1) is 11.8. The highest BCUT2D eigenvalue weighted by atomic mass is 16.2. The summed E-state index contributed by atoms with van der Waals surface area (Å²) in [6.07, 6.45) is 4.01. The lowest BCUT2D eigenvalue weighted by atomic mass is 9.86. The molecule has 1 saturated heterocycles. The quantitative estimate of drug-likeness (QED) is 0.789. The monoisotopic (exact) mass is 340 g/mol. The first-order valence-corrected chi connectivity index (χ1v) is 9.18. The third-order valence-electron chi connectivity index (χ3n) is 5.16. The lowest BCUT2D eigenvalue weighted by molar-refractivity contribution is -0.133. The Morgan fingerprint density at radius 2 is 1.76 bits per heavy atom. The Morgan fingerprint density at radius 3 is 2.40 bits per heavy atom. The smallest absolute Gasteiger partial charge is 0.242 e. The van der Waals surface area contributed by atoms with Gasteiger partial charge in [0, 0.05) is 41.2 Å². The average Bonchev–Trinajstić information content (AvgIpc) is 2.92.